The monoisotopic (exact) mass is 207 g/mol. The van der Waals surface area contributed by atoms with Gasteiger partial charge in [0.15, 0.2) is 0 Å². The molecule has 0 aliphatic heterocycles. The lowest BCUT2D eigenvalue weighted by Gasteiger charge is -2.16. The van der Waals surface area contributed by atoms with E-state index in [1.807, 2.05) is 12.1 Å². The molecule has 0 radical (unpaired) electrons. The van der Waals surface area contributed by atoms with Crippen LogP contribution in [-0.2, 0) is 12.8 Å². The third-order valence-corrected chi connectivity index (χ3v) is 2.62. The molecule has 0 bridgehead atoms. The van der Waals surface area contributed by atoms with Gasteiger partial charge >= 0.3 is 0 Å². The molecule has 0 saturated heterocycles. The number of rotatable bonds is 1. The summed E-state index contributed by atoms with van der Waals surface area (Å²) in [6.45, 7) is 0. The molecular weight excluding hydrogens is 194 g/mol. The summed E-state index contributed by atoms with van der Waals surface area (Å²) in [4.78, 5) is 0. The molecule has 74 valence electrons. The van der Waals surface area contributed by atoms with Crippen molar-refractivity contribution in [2.24, 2.45) is 5.73 Å². The summed E-state index contributed by atoms with van der Waals surface area (Å²) in [5.41, 5.74) is 8.13. The molecule has 0 saturated carbocycles. The summed E-state index contributed by atoms with van der Waals surface area (Å²) >= 11 is 4.69. The summed E-state index contributed by atoms with van der Waals surface area (Å²) in [5.74, 6) is 0.762. The fourth-order valence-corrected chi connectivity index (χ4v) is 1.99. The Hall–Kier alpha value is -1.09. The first-order valence-corrected chi connectivity index (χ1v) is 5.25. The van der Waals surface area contributed by atoms with Gasteiger partial charge in [-0.25, -0.2) is 0 Å². The van der Waals surface area contributed by atoms with Crippen molar-refractivity contribution in [2.45, 2.75) is 25.7 Å². The number of ether oxygens (including phenoxy) is 1. The normalized spacial score (nSPS) is 14.6. The van der Waals surface area contributed by atoms with Crippen LogP contribution in [-0.4, -0.2) is 5.17 Å². The molecule has 1 aromatic rings. The highest BCUT2D eigenvalue weighted by atomic mass is 32.1. The van der Waals surface area contributed by atoms with Crippen molar-refractivity contribution in [3.05, 3.63) is 29.3 Å². The molecule has 14 heavy (non-hydrogen) atoms. The fourth-order valence-electron chi connectivity index (χ4n) is 1.89. The summed E-state index contributed by atoms with van der Waals surface area (Å²) in [6.07, 6.45) is 4.89. The van der Waals surface area contributed by atoms with E-state index < -0.39 is 0 Å². The van der Waals surface area contributed by atoms with Crippen molar-refractivity contribution in [2.75, 3.05) is 0 Å². The molecule has 1 aliphatic carbocycles. The van der Waals surface area contributed by atoms with Crippen LogP contribution in [0.25, 0.3) is 0 Å². The van der Waals surface area contributed by atoms with E-state index in [4.69, 9.17) is 10.5 Å². The zero-order chi connectivity index (χ0) is 9.97. The second kappa shape index (κ2) is 3.96. The van der Waals surface area contributed by atoms with E-state index in [9.17, 15) is 0 Å². The molecule has 1 aliphatic rings. The van der Waals surface area contributed by atoms with Crippen molar-refractivity contribution in [3.63, 3.8) is 0 Å². The molecule has 0 heterocycles. The van der Waals surface area contributed by atoms with Crippen LogP contribution in [0.15, 0.2) is 18.2 Å². The number of aryl methyl sites for hydroxylation is 2. The molecule has 0 amide bonds. The first-order valence-electron chi connectivity index (χ1n) is 4.85. The van der Waals surface area contributed by atoms with Crippen LogP contribution in [0.3, 0.4) is 0 Å². The maximum absolute atomic E-state index is 5.31. The number of thiocarbonyl (C=S) groups is 1. The Morgan fingerprint density at radius 2 is 1.93 bits per heavy atom. The van der Waals surface area contributed by atoms with Crippen LogP contribution >= 0.6 is 12.2 Å². The van der Waals surface area contributed by atoms with Crippen molar-refractivity contribution < 1.29 is 4.74 Å². The van der Waals surface area contributed by atoms with E-state index in [0.717, 1.165) is 12.2 Å². The number of hydrogen-bond donors (Lipinski definition) is 1. The van der Waals surface area contributed by atoms with Crippen LogP contribution in [0.4, 0.5) is 0 Å². The molecule has 2 nitrogen and oxygen atoms in total. The fraction of sp³-hybridized carbons (Fsp3) is 0.364. The van der Waals surface area contributed by atoms with Crippen molar-refractivity contribution in [1.82, 2.24) is 0 Å². The van der Waals surface area contributed by atoms with Gasteiger partial charge in [-0.15, -0.1) is 0 Å². The average molecular weight is 207 g/mol. The highest BCUT2D eigenvalue weighted by molar-refractivity contribution is 7.80. The van der Waals surface area contributed by atoms with Gasteiger partial charge < -0.3 is 10.5 Å². The lowest BCUT2D eigenvalue weighted by molar-refractivity contribution is 0.553. The van der Waals surface area contributed by atoms with Crippen LogP contribution < -0.4 is 10.5 Å². The first-order chi connectivity index (χ1) is 6.75. The Morgan fingerprint density at radius 1 is 1.21 bits per heavy atom. The van der Waals surface area contributed by atoms with Gasteiger partial charge in [-0.05, 0) is 61.2 Å². The van der Waals surface area contributed by atoms with E-state index in [1.54, 1.807) is 0 Å². The summed E-state index contributed by atoms with van der Waals surface area (Å²) in [5, 5.41) is 0.0840. The zero-order valence-electron chi connectivity index (χ0n) is 7.95. The molecule has 1 aromatic carbocycles. The third-order valence-electron chi connectivity index (χ3n) is 2.54. The van der Waals surface area contributed by atoms with Gasteiger partial charge in [0.1, 0.15) is 5.75 Å². The molecular formula is C11H13NOS. The van der Waals surface area contributed by atoms with Gasteiger partial charge in [-0.1, -0.05) is 6.07 Å². The lowest BCUT2D eigenvalue weighted by Crippen LogP contribution is -2.16. The molecule has 0 unspecified atom stereocenters. The molecule has 2 rings (SSSR count). The van der Waals surface area contributed by atoms with Gasteiger partial charge in [-0.3, -0.25) is 0 Å². The summed E-state index contributed by atoms with van der Waals surface area (Å²) in [6, 6.07) is 6.10. The van der Waals surface area contributed by atoms with Gasteiger partial charge in [0.25, 0.3) is 5.17 Å². The van der Waals surface area contributed by atoms with Crippen molar-refractivity contribution in [1.29, 1.82) is 0 Å². The predicted molar refractivity (Wildman–Crippen MR) is 60.5 cm³/mol. The van der Waals surface area contributed by atoms with Gasteiger partial charge in [0, 0.05) is 0 Å². The Bertz CT molecular complexity index is 362. The maximum atomic E-state index is 5.31. The minimum Gasteiger partial charge on any atom is -0.432 e. The van der Waals surface area contributed by atoms with E-state index in [-0.39, 0.29) is 5.17 Å². The smallest absolute Gasteiger partial charge is 0.259 e. The SMILES string of the molecule is NC(=S)Oc1ccc2c(c1)CCCC2. The van der Waals surface area contributed by atoms with Crippen LogP contribution in [0.2, 0.25) is 0 Å². The topological polar surface area (TPSA) is 35.2 Å². The number of benzene rings is 1. The van der Waals surface area contributed by atoms with Gasteiger partial charge in [0.2, 0.25) is 0 Å². The molecule has 2 N–H and O–H groups in total. The Balaban J connectivity index is 2.24. The minimum atomic E-state index is 0.0840. The van der Waals surface area contributed by atoms with Crippen LogP contribution in [0.1, 0.15) is 24.0 Å². The maximum Gasteiger partial charge on any atom is 0.259 e. The molecule has 0 atom stereocenters. The molecule has 0 spiro atoms. The predicted octanol–water partition coefficient (Wildman–Crippen LogP) is 2.19. The number of hydrogen-bond acceptors (Lipinski definition) is 2. The number of fused-ring (bicyclic) bond motifs is 1. The second-order valence-electron chi connectivity index (χ2n) is 3.56. The highest BCUT2D eigenvalue weighted by Crippen LogP contribution is 2.25. The van der Waals surface area contributed by atoms with E-state index in [1.165, 1.54) is 30.4 Å². The quantitative estimate of drug-likeness (QED) is 0.717. The lowest BCUT2D eigenvalue weighted by atomic mass is 9.92. The Morgan fingerprint density at radius 3 is 2.64 bits per heavy atom. The van der Waals surface area contributed by atoms with E-state index >= 15 is 0 Å². The van der Waals surface area contributed by atoms with Crippen molar-refractivity contribution in [3.8, 4) is 5.75 Å². The van der Waals surface area contributed by atoms with Crippen LogP contribution in [0, 0.1) is 0 Å². The van der Waals surface area contributed by atoms with Gasteiger partial charge in [0.05, 0.1) is 0 Å². The van der Waals surface area contributed by atoms with Crippen molar-refractivity contribution >= 4 is 17.4 Å². The highest BCUT2D eigenvalue weighted by Gasteiger charge is 2.09. The zero-order valence-corrected chi connectivity index (χ0v) is 8.77. The third kappa shape index (κ3) is 2.04. The molecule has 0 aromatic heterocycles. The summed E-state index contributed by atoms with van der Waals surface area (Å²) < 4.78 is 5.19. The van der Waals surface area contributed by atoms with E-state index in [0.29, 0.717) is 0 Å². The second-order valence-corrected chi connectivity index (χ2v) is 3.96. The van der Waals surface area contributed by atoms with E-state index in [2.05, 4.69) is 18.3 Å². The minimum absolute atomic E-state index is 0.0840. The van der Waals surface area contributed by atoms with Crippen LogP contribution in [0.5, 0.6) is 5.75 Å². The first kappa shape index (κ1) is 9.46. The Kier molecular flexibility index (Phi) is 2.68. The summed E-state index contributed by atoms with van der Waals surface area (Å²) in [7, 11) is 0. The van der Waals surface area contributed by atoms with Gasteiger partial charge in [-0.2, -0.15) is 0 Å². The average Bonchev–Trinajstić information content (AvgIpc) is 2.17. The standard InChI is InChI=1S/C11H13NOS/c12-11(14)13-10-6-5-8-3-1-2-4-9(8)7-10/h5-7H,1-4H2,(H2,12,14). The molecule has 3 heteroatoms. The number of nitrogens with two attached hydrogens (primary N) is 1. The Labute approximate surface area is 89.1 Å². The largest absolute Gasteiger partial charge is 0.432 e. The molecule has 0 fully saturated rings.